The third kappa shape index (κ3) is 2.77. The molecule has 0 saturated carbocycles. The minimum atomic E-state index is 0.227. The van der Waals surface area contributed by atoms with Gasteiger partial charge in [-0.15, -0.1) is 11.6 Å². The topological polar surface area (TPSA) is 20.3 Å². The number of thiophene rings is 1. The molecule has 1 amide bonds. The molecule has 2 heterocycles. The molecular formula is C12H16ClNOS. The first kappa shape index (κ1) is 11.9. The quantitative estimate of drug-likeness (QED) is 0.746. The van der Waals surface area contributed by atoms with E-state index in [1.165, 1.54) is 0 Å². The van der Waals surface area contributed by atoms with Crippen molar-refractivity contribution >= 4 is 28.8 Å². The van der Waals surface area contributed by atoms with E-state index in [1.807, 2.05) is 21.7 Å². The number of hydrogen-bond donors (Lipinski definition) is 0. The van der Waals surface area contributed by atoms with Crippen molar-refractivity contribution < 1.29 is 4.79 Å². The fourth-order valence-electron chi connectivity index (χ4n) is 2.02. The lowest BCUT2D eigenvalue weighted by atomic mass is 9.99. The fourth-order valence-corrected chi connectivity index (χ4v) is 2.87. The van der Waals surface area contributed by atoms with Crippen LogP contribution in [0.3, 0.4) is 0 Å². The van der Waals surface area contributed by atoms with Crippen molar-refractivity contribution in [3.63, 3.8) is 0 Å². The van der Waals surface area contributed by atoms with Crippen LogP contribution >= 0.6 is 22.9 Å². The van der Waals surface area contributed by atoms with E-state index in [1.54, 1.807) is 11.3 Å². The molecule has 1 aliphatic rings. The van der Waals surface area contributed by atoms with Crippen LogP contribution in [0.2, 0.25) is 0 Å². The van der Waals surface area contributed by atoms with Crippen LogP contribution in [0.15, 0.2) is 16.8 Å². The van der Waals surface area contributed by atoms with Crippen molar-refractivity contribution in [3.05, 3.63) is 22.4 Å². The largest absolute Gasteiger partial charge is 0.342 e. The maximum atomic E-state index is 12.0. The molecule has 4 heteroatoms. The predicted molar refractivity (Wildman–Crippen MR) is 68.0 cm³/mol. The number of hydrogen-bond acceptors (Lipinski definition) is 2. The lowest BCUT2D eigenvalue weighted by Crippen LogP contribution is -2.44. The zero-order valence-corrected chi connectivity index (χ0v) is 10.9. The van der Waals surface area contributed by atoms with Gasteiger partial charge < -0.3 is 4.90 Å². The van der Waals surface area contributed by atoms with Gasteiger partial charge in [0.25, 0.3) is 0 Å². The molecule has 1 fully saturated rings. The van der Waals surface area contributed by atoms with Crippen molar-refractivity contribution in [2.45, 2.75) is 25.1 Å². The SMILES string of the molecule is CC1CN(C(=O)Cc2ccsc2)CCC1Cl. The normalized spacial score (nSPS) is 25.8. The second-order valence-electron chi connectivity index (χ2n) is 4.43. The average Bonchev–Trinajstić information content (AvgIpc) is 2.74. The Kier molecular flexibility index (Phi) is 3.87. The first-order chi connectivity index (χ1) is 7.66. The number of alkyl halides is 1. The highest BCUT2D eigenvalue weighted by atomic mass is 35.5. The summed E-state index contributed by atoms with van der Waals surface area (Å²) in [6, 6.07) is 2.01. The molecule has 2 rings (SSSR count). The number of nitrogens with zero attached hydrogens (tertiary/aromatic N) is 1. The number of rotatable bonds is 2. The first-order valence-corrected chi connectivity index (χ1v) is 6.97. The molecule has 1 aromatic heterocycles. The van der Waals surface area contributed by atoms with E-state index in [4.69, 9.17) is 11.6 Å². The van der Waals surface area contributed by atoms with Crippen LogP contribution in [0.5, 0.6) is 0 Å². The molecule has 0 N–H and O–H groups in total. The van der Waals surface area contributed by atoms with Crippen molar-refractivity contribution in [1.82, 2.24) is 4.90 Å². The number of likely N-dealkylation sites (tertiary alicyclic amines) is 1. The Balaban J connectivity index is 1.90. The highest BCUT2D eigenvalue weighted by molar-refractivity contribution is 7.07. The number of piperidine rings is 1. The molecule has 2 atom stereocenters. The molecule has 0 spiro atoms. The third-order valence-corrected chi connectivity index (χ3v) is 4.47. The molecule has 88 valence electrons. The van der Waals surface area contributed by atoms with Crippen molar-refractivity contribution in [1.29, 1.82) is 0 Å². The molecule has 2 unspecified atom stereocenters. The summed E-state index contributed by atoms with van der Waals surface area (Å²) < 4.78 is 0. The van der Waals surface area contributed by atoms with Gasteiger partial charge in [0.2, 0.25) is 5.91 Å². The summed E-state index contributed by atoms with van der Waals surface area (Å²) in [5, 5.41) is 4.27. The predicted octanol–water partition coefficient (Wildman–Crippen LogP) is 2.77. The summed E-state index contributed by atoms with van der Waals surface area (Å²) in [5.41, 5.74) is 1.12. The minimum absolute atomic E-state index is 0.227. The summed E-state index contributed by atoms with van der Waals surface area (Å²) in [6.45, 7) is 3.72. The molecule has 1 aromatic rings. The molecule has 1 aliphatic heterocycles. The van der Waals surface area contributed by atoms with Crippen molar-refractivity contribution in [2.24, 2.45) is 5.92 Å². The van der Waals surface area contributed by atoms with Crippen molar-refractivity contribution in [3.8, 4) is 0 Å². The zero-order valence-electron chi connectivity index (χ0n) is 9.36. The Morgan fingerprint density at radius 1 is 1.69 bits per heavy atom. The van der Waals surface area contributed by atoms with Gasteiger partial charge in [0.15, 0.2) is 0 Å². The zero-order chi connectivity index (χ0) is 11.5. The molecular weight excluding hydrogens is 242 g/mol. The van der Waals surface area contributed by atoms with Gasteiger partial charge in [-0.1, -0.05) is 6.92 Å². The highest BCUT2D eigenvalue weighted by Crippen LogP contribution is 2.22. The Bertz CT molecular complexity index is 352. The minimum Gasteiger partial charge on any atom is -0.342 e. The average molecular weight is 258 g/mol. The van der Waals surface area contributed by atoms with Crippen LogP contribution in [0.1, 0.15) is 18.9 Å². The third-order valence-electron chi connectivity index (χ3n) is 3.09. The van der Waals surface area contributed by atoms with E-state index in [0.717, 1.165) is 25.1 Å². The number of amides is 1. The Labute approximate surface area is 105 Å². The number of halogens is 1. The second kappa shape index (κ2) is 5.19. The highest BCUT2D eigenvalue weighted by Gasteiger charge is 2.26. The van der Waals surface area contributed by atoms with Gasteiger partial charge in [-0.3, -0.25) is 4.79 Å². The molecule has 2 nitrogen and oxygen atoms in total. The smallest absolute Gasteiger partial charge is 0.227 e. The van der Waals surface area contributed by atoms with E-state index in [9.17, 15) is 4.79 Å². The van der Waals surface area contributed by atoms with Crippen LogP contribution in [0.4, 0.5) is 0 Å². The van der Waals surface area contributed by atoms with Crippen LogP contribution in [-0.2, 0) is 11.2 Å². The summed E-state index contributed by atoms with van der Waals surface area (Å²) >= 11 is 7.78. The summed E-state index contributed by atoms with van der Waals surface area (Å²) in [7, 11) is 0. The number of carbonyl (C=O) groups excluding carboxylic acids is 1. The second-order valence-corrected chi connectivity index (χ2v) is 5.77. The van der Waals surface area contributed by atoms with Gasteiger partial charge in [-0.2, -0.15) is 11.3 Å². The summed E-state index contributed by atoms with van der Waals surface area (Å²) in [4.78, 5) is 14.0. The molecule has 16 heavy (non-hydrogen) atoms. The van der Waals surface area contributed by atoms with E-state index in [2.05, 4.69) is 6.92 Å². The number of carbonyl (C=O) groups is 1. The van der Waals surface area contributed by atoms with Gasteiger partial charge in [-0.25, -0.2) is 0 Å². The van der Waals surface area contributed by atoms with Crippen LogP contribution in [0, 0.1) is 5.92 Å². The molecule has 0 aromatic carbocycles. The lowest BCUT2D eigenvalue weighted by Gasteiger charge is -2.34. The lowest BCUT2D eigenvalue weighted by molar-refractivity contribution is -0.132. The monoisotopic (exact) mass is 257 g/mol. The van der Waals surface area contributed by atoms with Gasteiger partial charge in [0, 0.05) is 18.5 Å². The van der Waals surface area contributed by atoms with Gasteiger partial charge in [0.05, 0.1) is 6.42 Å². The maximum absolute atomic E-state index is 12.0. The van der Waals surface area contributed by atoms with E-state index < -0.39 is 0 Å². The molecule has 0 bridgehead atoms. The first-order valence-electron chi connectivity index (χ1n) is 5.59. The maximum Gasteiger partial charge on any atom is 0.227 e. The summed E-state index contributed by atoms with van der Waals surface area (Å²) in [5.74, 6) is 0.635. The van der Waals surface area contributed by atoms with E-state index in [-0.39, 0.29) is 11.3 Å². The van der Waals surface area contributed by atoms with Gasteiger partial charge in [0.1, 0.15) is 0 Å². The Morgan fingerprint density at radius 3 is 3.12 bits per heavy atom. The molecule has 0 radical (unpaired) electrons. The molecule has 0 aliphatic carbocycles. The standard InChI is InChI=1S/C12H16ClNOS/c1-9-7-14(4-2-11(9)13)12(15)6-10-3-5-16-8-10/h3,5,8-9,11H,2,4,6-7H2,1H3. The fraction of sp³-hybridized carbons (Fsp3) is 0.583. The summed E-state index contributed by atoms with van der Waals surface area (Å²) in [6.07, 6.45) is 1.45. The molecule has 1 saturated heterocycles. The van der Waals surface area contributed by atoms with Gasteiger partial charge >= 0.3 is 0 Å². The van der Waals surface area contributed by atoms with E-state index in [0.29, 0.717) is 12.3 Å². The Hall–Kier alpha value is -0.540. The Morgan fingerprint density at radius 2 is 2.50 bits per heavy atom. The van der Waals surface area contributed by atoms with E-state index >= 15 is 0 Å². The van der Waals surface area contributed by atoms with Crippen LogP contribution in [0.25, 0.3) is 0 Å². The van der Waals surface area contributed by atoms with Crippen molar-refractivity contribution in [2.75, 3.05) is 13.1 Å². The van der Waals surface area contributed by atoms with Crippen LogP contribution < -0.4 is 0 Å². The van der Waals surface area contributed by atoms with Crippen LogP contribution in [-0.4, -0.2) is 29.3 Å². The van der Waals surface area contributed by atoms with Gasteiger partial charge in [-0.05, 0) is 34.7 Å².